The van der Waals surface area contributed by atoms with Gasteiger partial charge in [0.15, 0.2) is 11.6 Å². The number of anilines is 2. The van der Waals surface area contributed by atoms with E-state index in [1.54, 1.807) is 6.92 Å². The Balaban J connectivity index is 0.000000654. The second-order valence-electron chi connectivity index (χ2n) is 9.17. The molecule has 0 aliphatic heterocycles. The van der Waals surface area contributed by atoms with Crippen molar-refractivity contribution in [2.24, 2.45) is 5.41 Å². The minimum atomic E-state index is -4.06. The molecule has 2 aromatic carbocycles. The lowest BCUT2D eigenvalue weighted by Crippen LogP contribution is -2.33. The minimum absolute atomic E-state index is 0.0519. The SMILES string of the molecule is CC.CC(=N)n1c(=N)nc(N(CC(F)F)c2cc(C)cc(F)c2)c2c(F)c(F)ccc21.CC(C)(C)C(F)(F)F. The Kier molecular flexibility index (Phi) is 11.2. The van der Waals surface area contributed by atoms with Gasteiger partial charge in [-0.1, -0.05) is 34.6 Å². The lowest BCUT2D eigenvalue weighted by atomic mass is 9.96. The first-order chi connectivity index (χ1) is 17.8. The van der Waals surface area contributed by atoms with Gasteiger partial charge in [0.1, 0.15) is 17.5 Å². The van der Waals surface area contributed by atoms with Crippen molar-refractivity contribution in [3.63, 3.8) is 0 Å². The molecular weight excluding hydrogens is 534 g/mol. The number of benzene rings is 2. The predicted molar refractivity (Wildman–Crippen MR) is 135 cm³/mol. The fourth-order valence-electron chi connectivity index (χ4n) is 3.12. The molecule has 0 aliphatic rings. The van der Waals surface area contributed by atoms with Gasteiger partial charge in [-0.15, -0.1) is 0 Å². The Bertz CT molecular complexity index is 1330. The van der Waals surface area contributed by atoms with Crippen molar-refractivity contribution in [1.82, 2.24) is 9.55 Å². The highest BCUT2D eigenvalue weighted by Gasteiger charge is 2.42. The maximum absolute atomic E-state index is 14.8. The van der Waals surface area contributed by atoms with Gasteiger partial charge in [0.25, 0.3) is 6.43 Å². The van der Waals surface area contributed by atoms with Gasteiger partial charge in [0.2, 0.25) is 5.62 Å². The van der Waals surface area contributed by atoms with Gasteiger partial charge >= 0.3 is 6.18 Å². The molecule has 13 heteroatoms. The third kappa shape index (κ3) is 8.24. The Morgan fingerprint density at radius 2 is 1.56 bits per heavy atom. The number of aromatic nitrogens is 2. The molecule has 1 heterocycles. The monoisotopic (exact) mass is 565 g/mol. The van der Waals surface area contributed by atoms with E-state index in [0.717, 1.165) is 48.4 Å². The standard InChI is InChI=1S/C19H16F5N5.C5H9F3.C2H6/c1-9-5-11(20)7-12(6-9)28(8-15(22)23)18-16-14(4-3-13(21)17(16)24)29(10(2)25)19(26)27-18;1-4(2,3)5(6,7)8;1-2/h3-7,15,25-26H,8H2,1-2H3;1-3H3;1-2H3. The van der Waals surface area contributed by atoms with E-state index >= 15 is 0 Å². The Labute approximate surface area is 221 Å². The fraction of sp³-hybridized carbons (Fsp3) is 0.423. The van der Waals surface area contributed by atoms with Crippen LogP contribution in [-0.4, -0.2) is 34.5 Å². The second kappa shape index (κ2) is 13.0. The molecule has 216 valence electrons. The molecule has 0 saturated heterocycles. The van der Waals surface area contributed by atoms with Crippen LogP contribution in [0.5, 0.6) is 0 Å². The maximum Gasteiger partial charge on any atom is 0.393 e. The number of rotatable bonds is 4. The summed E-state index contributed by atoms with van der Waals surface area (Å²) in [5.41, 5.74) is -1.84. The van der Waals surface area contributed by atoms with Gasteiger partial charge in [-0.05, 0) is 49.7 Å². The lowest BCUT2D eigenvalue weighted by molar-refractivity contribution is -0.204. The van der Waals surface area contributed by atoms with Crippen LogP contribution >= 0.6 is 0 Å². The molecule has 0 fully saturated rings. The summed E-state index contributed by atoms with van der Waals surface area (Å²) in [7, 11) is 0. The van der Waals surface area contributed by atoms with Gasteiger partial charge in [-0.25, -0.2) is 22.0 Å². The van der Waals surface area contributed by atoms with Gasteiger partial charge in [-0.2, -0.15) is 18.2 Å². The zero-order valence-corrected chi connectivity index (χ0v) is 22.5. The van der Waals surface area contributed by atoms with Crippen LogP contribution in [0.25, 0.3) is 10.9 Å². The molecule has 3 rings (SSSR count). The van der Waals surface area contributed by atoms with Gasteiger partial charge in [-0.3, -0.25) is 15.4 Å². The quantitative estimate of drug-likeness (QED) is 0.191. The zero-order chi connectivity index (χ0) is 30.5. The summed E-state index contributed by atoms with van der Waals surface area (Å²) < 4.78 is 105. The number of aryl methyl sites for hydroxylation is 1. The van der Waals surface area contributed by atoms with Gasteiger partial charge in [0, 0.05) is 5.69 Å². The molecule has 39 heavy (non-hydrogen) atoms. The number of fused-ring (bicyclic) bond motifs is 1. The zero-order valence-electron chi connectivity index (χ0n) is 22.5. The first kappa shape index (κ1) is 33.5. The van der Waals surface area contributed by atoms with E-state index in [4.69, 9.17) is 10.8 Å². The summed E-state index contributed by atoms with van der Waals surface area (Å²) in [5.74, 6) is -3.99. The Morgan fingerprint density at radius 3 is 2.00 bits per heavy atom. The number of halogens is 8. The second-order valence-corrected chi connectivity index (χ2v) is 9.17. The van der Waals surface area contributed by atoms with E-state index < -0.39 is 58.8 Å². The third-order valence-electron chi connectivity index (χ3n) is 5.06. The highest BCUT2D eigenvalue weighted by Crippen LogP contribution is 2.36. The molecule has 0 bridgehead atoms. The van der Waals surface area contributed by atoms with Crippen molar-refractivity contribution < 1.29 is 35.1 Å². The third-order valence-corrected chi connectivity index (χ3v) is 5.06. The molecule has 0 saturated carbocycles. The van der Waals surface area contributed by atoms with Crippen molar-refractivity contribution in [3.8, 4) is 0 Å². The molecule has 1 aromatic heterocycles. The largest absolute Gasteiger partial charge is 0.393 e. The number of nitrogens with zero attached hydrogens (tertiary/aromatic N) is 3. The smallest absolute Gasteiger partial charge is 0.320 e. The Morgan fingerprint density at radius 1 is 1.03 bits per heavy atom. The van der Waals surface area contributed by atoms with Crippen molar-refractivity contribution in [2.45, 2.75) is 61.1 Å². The van der Waals surface area contributed by atoms with Crippen LogP contribution in [0.1, 0.15) is 47.1 Å². The average molecular weight is 566 g/mol. The summed E-state index contributed by atoms with van der Waals surface area (Å²) >= 11 is 0. The fourth-order valence-corrected chi connectivity index (χ4v) is 3.12. The van der Waals surface area contributed by atoms with E-state index in [9.17, 15) is 35.1 Å². The maximum atomic E-state index is 14.8. The van der Waals surface area contributed by atoms with E-state index in [1.807, 2.05) is 13.8 Å². The molecule has 0 aliphatic carbocycles. The number of hydrogen-bond acceptors (Lipinski definition) is 4. The van der Waals surface area contributed by atoms with Crippen LogP contribution in [0.2, 0.25) is 0 Å². The van der Waals surface area contributed by atoms with Crippen LogP contribution in [0, 0.1) is 40.6 Å². The van der Waals surface area contributed by atoms with E-state index in [2.05, 4.69) is 4.98 Å². The van der Waals surface area contributed by atoms with E-state index in [1.165, 1.54) is 19.1 Å². The normalized spacial score (nSPS) is 11.5. The summed E-state index contributed by atoms with van der Waals surface area (Å²) in [6.45, 7) is 9.31. The molecule has 3 aromatic rings. The topological polar surface area (TPSA) is 68.8 Å². The number of alkyl halides is 5. The summed E-state index contributed by atoms with van der Waals surface area (Å²) in [6, 6.07) is 5.48. The summed E-state index contributed by atoms with van der Waals surface area (Å²) in [4.78, 5) is 4.71. The van der Waals surface area contributed by atoms with Crippen molar-refractivity contribution in [2.75, 3.05) is 11.4 Å². The van der Waals surface area contributed by atoms with E-state index in [0.29, 0.717) is 5.56 Å². The predicted octanol–water partition coefficient (Wildman–Crippen LogP) is 8.11. The van der Waals surface area contributed by atoms with Crippen LogP contribution < -0.4 is 10.5 Å². The highest BCUT2D eigenvalue weighted by molar-refractivity contribution is 5.97. The minimum Gasteiger partial charge on any atom is -0.320 e. The molecule has 0 radical (unpaired) electrons. The molecule has 0 atom stereocenters. The molecule has 5 nitrogen and oxygen atoms in total. The highest BCUT2D eigenvalue weighted by atomic mass is 19.4. The van der Waals surface area contributed by atoms with Crippen molar-refractivity contribution in [1.29, 1.82) is 10.8 Å². The molecule has 2 N–H and O–H groups in total. The summed E-state index contributed by atoms with van der Waals surface area (Å²) in [5, 5.41) is 15.4. The van der Waals surface area contributed by atoms with Crippen LogP contribution in [0.15, 0.2) is 30.3 Å². The van der Waals surface area contributed by atoms with Crippen LogP contribution in [-0.2, 0) is 0 Å². The van der Waals surface area contributed by atoms with Crippen molar-refractivity contribution in [3.05, 3.63) is 59.0 Å². The molecular formula is C26H31F8N5. The molecule has 0 spiro atoms. The van der Waals surface area contributed by atoms with Crippen LogP contribution in [0.4, 0.5) is 46.6 Å². The lowest BCUT2D eigenvalue weighted by Gasteiger charge is -2.26. The molecule has 0 unspecified atom stereocenters. The first-order valence-electron chi connectivity index (χ1n) is 11.8. The Hall–Kier alpha value is -3.51. The number of nitrogens with one attached hydrogen (secondary N) is 2. The van der Waals surface area contributed by atoms with Crippen LogP contribution in [0.3, 0.4) is 0 Å². The molecule has 0 amide bonds. The average Bonchev–Trinajstić information content (AvgIpc) is 2.78. The van der Waals surface area contributed by atoms with Gasteiger partial charge in [0.05, 0.1) is 22.9 Å². The van der Waals surface area contributed by atoms with E-state index in [-0.39, 0.29) is 17.0 Å². The van der Waals surface area contributed by atoms with Crippen molar-refractivity contribution >= 4 is 28.2 Å². The number of hydrogen-bond donors (Lipinski definition) is 2. The first-order valence-corrected chi connectivity index (χ1v) is 11.8. The summed E-state index contributed by atoms with van der Waals surface area (Å²) in [6.07, 6.45) is -6.98. The van der Waals surface area contributed by atoms with Gasteiger partial charge < -0.3 is 4.90 Å².